The fourth-order valence-corrected chi connectivity index (χ4v) is 2.35. The van der Waals surface area contributed by atoms with Crippen molar-refractivity contribution in [2.75, 3.05) is 6.54 Å². The maximum absolute atomic E-state index is 12.2. The third-order valence-corrected chi connectivity index (χ3v) is 3.41. The van der Waals surface area contributed by atoms with Crippen LogP contribution in [0.2, 0.25) is 0 Å². The molecule has 1 heterocycles. The average molecular weight is 271 g/mol. The molecule has 1 aliphatic rings. The van der Waals surface area contributed by atoms with Gasteiger partial charge in [0.25, 0.3) is 0 Å². The summed E-state index contributed by atoms with van der Waals surface area (Å²) in [5, 5.41) is 11.9. The molecule has 1 rings (SSSR count). The Hall–Kier alpha value is -1.79. The maximum atomic E-state index is 12.2. The van der Waals surface area contributed by atoms with Gasteiger partial charge in [-0.05, 0) is 33.6 Å². The average Bonchev–Trinajstić information content (AvgIpc) is 2.58. The van der Waals surface area contributed by atoms with Crippen LogP contribution >= 0.6 is 0 Å². The number of carboxylic acids is 1. The summed E-state index contributed by atoms with van der Waals surface area (Å²) < 4.78 is 0. The van der Waals surface area contributed by atoms with E-state index < -0.39 is 29.0 Å². The summed E-state index contributed by atoms with van der Waals surface area (Å²) >= 11 is 0. The monoisotopic (exact) mass is 271 g/mol. The van der Waals surface area contributed by atoms with E-state index in [1.807, 2.05) is 0 Å². The summed E-state index contributed by atoms with van der Waals surface area (Å²) in [5.41, 5.74) is 3.12. The highest BCUT2D eigenvalue weighted by Crippen LogP contribution is 2.29. The molecule has 7 nitrogen and oxygen atoms in total. The molecule has 4 N–H and O–H groups in total. The molecule has 0 aromatic rings. The summed E-state index contributed by atoms with van der Waals surface area (Å²) in [6.07, 6.45) is 1.06. The van der Waals surface area contributed by atoms with Gasteiger partial charge in [0.1, 0.15) is 5.54 Å². The largest absolute Gasteiger partial charge is 0.480 e. The van der Waals surface area contributed by atoms with Crippen LogP contribution < -0.4 is 11.1 Å². The van der Waals surface area contributed by atoms with Crippen LogP contribution in [-0.2, 0) is 9.59 Å². The summed E-state index contributed by atoms with van der Waals surface area (Å²) in [7, 11) is 0. The second kappa shape index (κ2) is 5.07. The van der Waals surface area contributed by atoms with Crippen LogP contribution in [0.3, 0.4) is 0 Å². The number of nitrogens with zero attached hydrogens (tertiary/aromatic N) is 1. The molecule has 0 saturated carbocycles. The Morgan fingerprint density at radius 3 is 2.47 bits per heavy atom. The Bertz CT molecular complexity index is 408. The normalized spacial score (nSPS) is 23.2. The molecular weight excluding hydrogens is 250 g/mol. The Kier molecular flexibility index (Phi) is 4.07. The molecule has 0 radical (unpaired) electrons. The van der Waals surface area contributed by atoms with Crippen LogP contribution in [0.5, 0.6) is 0 Å². The minimum Gasteiger partial charge on any atom is -0.480 e. The van der Waals surface area contributed by atoms with Gasteiger partial charge in [-0.1, -0.05) is 0 Å². The maximum Gasteiger partial charge on any atom is 0.329 e. The van der Waals surface area contributed by atoms with Crippen molar-refractivity contribution in [3.8, 4) is 0 Å². The predicted molar refractivity (Wildman–Crippen MR) is 68.4 cm³/mol. The van der Waals surface area contributed by atoms with Gasteiger partial charge in [0.2, 0.25) is 5.91 Å². The fourth-order valence-electron chi connectivity index (χ4n) is 2.35. The molecule has 0 spiro atoms. The van der Waals surface area contributed by atoms with E-state index in [1.165, 1.54) is 11.8 Å². The van der Waals surface area contributed by atoms with E-state index >= 15 is 0 Å². The molecule has 3 amide bonds. The van der Waals surface area contributed by atoms with Crippen molar-refractivity contribution in [2.24, 2.45) is 5.73 Å². The topological polar surface area (TPSA) is 113 Å². The molecule has 1 atom stereocenters. The number of nitrogens with two attached hydrogens (primary N) is 1. The number of likely N-dealkylation sites (tertiary alicyclic amines) is 1. The lowest BCUT2D eigenvalue weighted by atomic mass is 9.98. The van der Waals surface area contributed by atoms with E-state index in [0.29, 0.717) is 19.4 Å². The zero-order chi connectivity index (χ0) is 14.8. The smallest absolute Gasteiger partial charge is 0.329 e. The van der Waals surface area contributed by atoms with Crippen LogP contribution in [0.4, 0.5) is 4.79 Å². The van der Waals surface area contributed by atoms with E-state index in [-0.39, 0.29) is 6.42 Å². The molecule has 19 heavy (non-hydrogen) atoms. The fraction of sp³-hybridized carbons (Fsp3) is 0.750. The van der Waals surface area contributed by atoms with Gasteiger partial charge in [-0.3, -0.25) is 4.79 Å². The van der Waals surface area contributed by atoms with Gasteiger partial charge in [-0.25, -0.2) is 9.59 Å². The Morgan fingerprint density at radius 1 is 1.42 bits per heavy atom. The predicted octanol–water partition coefficient (Wildman–Crippen LogP) is 0.289. The number of hydrogen-bond acceptors (Lipinski definition) is 3. The zero-order valence-electron chi connectivity index (χ0n) is 11.5. The number of nitrogens with one attached hydrogen (secondary N) is 1. The first-order chi connectivity index (χ1) is 8.58. The van der Waals surface area contributed by atoms with Gasteiger partial charge in [0.05, 0.1) is 0 Å². The van der Waals surface area contributed by atoms with Crippen LogP contribution in [0.1, 0.15) is 40.0 Å². The summed E-state index contributed by atoms with van der Waals surface area (Å²) in [6, 6.07) is -0.478. The van der Waals surface area contributed by atoms with Crippen molar-refractivity contribution in [1.29, 1.82) is 0 Å². The number of hydrogen-bond donors (Lipinski definition) is 3. The van der Waals surface area contributed by atoms with Crippen molar-refractivity contribution in [2.45, 2.75) is 51.1 Å². The van der Waals surface area contributed by atoms with Crippen molar-refractivity contribution in [3.05, 3.63) is 0 Å². The summed E-state index contributed by atoms with van der Waals surface area (Å²) in [6.45, 7) is 5.26. The molecule has 1 aliphatic heterocycles. The minimum atomic E-state index is -1.19. The molecule has 0 aromatic carbocycles. The zero-order valence-corrected chi connectivity index (χ0v) is 11.5. The molecule has 108 valence electrons. The van der Waals surface area contributed by atoms with E-state index in [2.05, 4.69) is 5.32 Å². The van der Waals surface area contributed by atoms with E-state index in [1.54, 1.807) is 13.8 Å². The summed E-state index contributed by atoms with van der Waals surface area (Å²) in [4.78, 5) is 35.7. The highest BCUT2D eigenvalue weighted by Gasteiger charge is 2.46. The number of carbonyl (C=O) groups is 3. The van der Waals surface area contributed by atoms with Crippen LogP contribution in [0.15, 0.2) is 0 Å². The van der Waals surface area contributed by atoms with Crippen molar-refractivity contribution in [1.82, 2.24) is 10.2 Å². The van der Waals surface area contributed by atoms with Crippen LogP contribution in [0, 0.1) is 0 Å². The minimum absolute atomic E-state index is 0.00361. The Labute approximate surface area is 112 Å². The second-order valence-electron chi connectivity index (χ2n) is 5.79. The van der Waals surface area contributed by atoms with E-state index in [4.69, 9.17) is 5.73 Å². The highest BCUT2D eigenvalue weighted by molar-refractivity contribution is 5.87. The Morgan fingerprint density at radius 2 is 2.00 bits per heavy atom. The number of carbonyl (C=O) groups excluding carboxylic acids is 2. The number of rotatable bonds is 4. The van der Waals surface area contributed by atoms with Gasteiger partial charge < -0.3 is 21.1 Å². The van der Waals surface area contributed by atoms with Crippen molar-refractivity contribution < 1.29 is 19.5 Å². The molecular formula is C12H21N3O4. The van der Waals surface area contributed by atoms with Gasteiger partial charge in [0, 0.05) is 18.5 Å². The lowest BCUT2D eigenvalue weighted by Gasteiger charge is -2.34. The van der Waals surface area contributed by atoms with Gasteiger partial charge >= 0.3 is 12.0 Å². The van der Waals surface area contributed by atoms with Gasteiger partial charge in [-0.2, -0.15) is 0 Å². The standard InChI is InChI=1S/C12H21N3O4/c1-11(2,7-8(13)16)14-10(19)15-6-4-5-12(15,3)9(17)18/h4-7H2,1-3H3,(H2,13,16)(H,14,19)(H,17,18). The molecule has 7 heteroatoms. The third kappa shape index (κ3) is 3.36. The van der Waals surface area contributed by atoms with Crippen LogP contribution in [0.25, 0.3) is 0 Å². The number of amides is 3. The van der Waals surface area contributed by atoms with Gasteiger partial charge in [0.15, 0.2) is 0 Å². The number of urea groups is 1. The lowest BCUT2D eigenvalue weighted by molar-refractivity contribution is -0.147. The first-order valence-electron chi connectivity index (χ1n) is 6.20. The SMILES string of the molecule is CC(C)(CC(N)=O)NC(=O)N1CCCC1(C)C(=O)O. The molecule has 0 aliphatic carbocycles. The first kappa shape index (κ1) is 15.3. The number of primary amides is 1. The second-order valence-corrected chi connectivity index (χ2v) is 5.79. The Balaban J connectivity index is 2.78. The van der Waals surface area contributed by atoms with Gasteiger partial charge in [-0.15, -0.1) is 0 Å². The molecule has 0 aromatic heterocycles. The highest BCUT2D eigenvalue weighted by atomic mass is 16.4. The number of aliphatic carboxylic acids is 1. The molecule has 0 bridgehead atoms. The van der Waals surface area contributed by atoms with E-state index in [9.17, 15) is 19.5 Å². The lowest BCUT2D eigenvalue weighted by Crippen LogP contribution is -2.58. The quantitative estimate of drug-likeness (QED) is 0.682. The first-order valence-corrected chi connectivity index (χ1v) is 6.20. The molecule has 1 unspecified atom stereocenters. The number of carboxylic acid groups (broad SMARTS) is 1. The third-order valence-electron chi connectivity index (χ3n) is 3.41. The van der Waals surface area contributed by atoms with Crippen molar-refractivity contribution in [3.63, 3.8) is 0 Å². The molecule has 1 fully saturated rings. The van der Waals surface area contributed by atoms with Crippen molar-refractivity contribution >= 4 is 17.9 Å². The van der Waals surface area contributed by atoms with E-state index in [0.717, 1.165) is 0 Å². The van der Waals surface area contributed by atoms with Crippen LogP contribution in [-0.4, -0.2) is 45.5 Å². The summed E-state index contributed by atoms with van der Waals surface area (Å²) in [5.74, 6) is -1.54. The molecule has 1 saturated heterocycles.